The van der Waals surface area contributed by atoms with Gasteiger partial charge in [-0.05, 0) is 33.8 Å². The van der Waals surface area contributed by atoms with E-state index in [1.165, 1.54) is 24.4 Å². The van der Waals surface area contributed by atoms with Crippen molar-refractivity contribution < 1.29 is 21.6 Å². The Morgan fingerprint density at radius 1 is 1.16 bits per heavy atom. The monoisotopic (exact) mass is 467 g/mol. The maximum atomic E-state index is 14.6. The number of alkyl halides is 2. The number of nitrogens with one attached hydrogen (secondary N) is 1. The molecule has 1 atom stereocenters. The Morgan fingerprint density at radius 3 is 2.44 bits per heavy atom. The van der Waals surface area contributed by atoms with Crippen molar-refractivity contribution in [1.82, 2.24) is 14.5 Å². The highest BCUT2D eigenvalue weighted by atomic mass is 32.2. The summed E-state index contributed by atoms with van der Waals surface area (Å²) in [5.41, 5.74) is 0.168. The quantitative estimate of drug-likeness (QED) is 0.589. The van der Waals surface area contributed by atoms with Crippen LogP contribution >= 0.6 is 0 Å². The van der Waals surface area contributed by atoms with Gasteiger partial charge in [0.2, 0.25) is 10.0 Å². The molecule has 2 aromatic heterocycles. The lowest BCUT2D eigenvalue weighted by Crippen LogP contribution is -2.23. The molecule has 0 aliphatic carbocycles. The summed E-state index contributed by atoms with van der Waals surface area (Å²) in [6.07, 6.45) is -1.45. The number of rotatable bonds is 6. The van der Waals surface area contributed by atoms with Crippen molar-refractivity contribution >= 4 is 26.7 Å². The van der Waals surface area contributed by atoms with Crippen LogP contribution in [0, 0.1) is 12.7 Å². The lowest BCUT2D eigenvalue weighted by molar-refractivity contribution is 0.146. The summed E-state index contributed by atoms with van der Waals surface area (Å²) in [4.78, 5) is 13.1. The molecule has 0 bridgehead atoms. The summed E-state index contributed by atoms with van der Waals surface area (Å²) in [6, 6.07) is 4.47. The first-order valence-corrected chi connectivity index (χ1v) is 11.4. The number of benzene rings is 1. The van der Waals surface area contributed by atoms with Crippen LogP contribution in [0.5, 0.6) is 0 Å². The second-order valence-electron chi connectivity index (χ2n) is 7.68. The standard InChI is InChI=1S/C21H24F3N5O2S/c1-11(2)32(30,31)28-18-9-16-17(10-25-18)29(5)13(4)27-21(16)26-12(3)14-7-6-8-15(19(14)22)20(23)24/h6-12,20H,1-5H3,(H,25,28)/t12-/m1/s1. The van der Waals surface area contributed by atoms with E-state index in [0.717, 1.165) is 6.07 Å². The maximum Gasteiger partial charge on any atom is 0.266 e. The minimum atomic E-state index is -3.63. The third-order valence-corrected chi connectivity index (χ3v) is 6.90. The van der Waals surface area contributed by atoms with Crippen LogP contribution in [0.15, 0.2) is 35.5 Å². The molecule has 1 N–H and O–H groups in total. The van der Waals surface area contributed by atoms with Gasteiger partial charge in [0.05, 0.1) is 28.6 Å². The van der Waals surface area contributed by atoms with Crippen molar-refractivity contribution in [2.24, 2.45) is 12.0 Å². The van der Waals surface area contributed by atoms with Crippen LogP contribution in [-0.2, 0) is 17.1 Å². The molecule has 0 amide bonds. The molecule has 1 aromatic carbocycles. The Morgan fingerprint density at radius 2 is 1.81 bits per heavy atom. The lowest BCUT2D eigenvalue weighted by Gasteiger charge is -2.14. The number of fused-ring (bicyclic) bond motifs is 1. The van der Waals surface area contributed by atoms with Crippen LogP contribution < -0.4 is 10.2 Å². The maximum absolute atomic E-state index is 14.6. The second-order valence-corrected chi connectivity index (χ2v) is 9.92. The van der Waals surface area contributed by atoms with Crippen molar-refractivity contribution in [3.8, 4) is 0 Å². The number of anilines is 1. The van der Waals surface area contributed by atoms with Crippen LogP contribution in [0.25, 0.3) is 10.9 Å². The molecule has 0 spiro atoms. The Labute approximate surface area is 184 Å². The predicted molar refractivity (Wildman–Crippen MR) is 116 cm³/mol. The largest absolute Gasteiger partial charge is 0.331 e. The first-order valence-electron chi connectivity index (χ1n) is 9.87. The number of aromatic nitrogens is 3. The molecule has 32 heavy (non-hydrogen) atoms. The van der Waals surface area contributed by atoms with E-state index in [-0.39, 0.29) is 16.9 Å². The van der Waals surface area contributed by atoms with Gasteiger partial charge in [0.25, 0.3) is 6.43 Å². The van der Waals surface area contributed by atoms with Gasteiger partial charge in [0, 0.05) is 18.0 Å². The van der Waals surface area contributed by atoms with Crippen LogP contribution in [0.4, 0.5) is 19.0 Å². The van der Waals surface area contributed by atoms with Gasteiger partial charge >= 0.3 is 0 Å². The van der Waals surface area contributed by atoms with Gasteiger partial charge in [-0.3, -0.25) is 9.71 Å². The van der Waals surface area contributed by atoms with Crippen LogP contribution in [-0.4, -0.2) is 28.2 Å². The highest BCUT2D eigenvalue weighted by Gasteiger charge is 2.20. The summed E-state index contributed by atoms with van der Waals surface area (Å²) in [5.74, 6) is -0.331. The second kappa shape index (κ2) is 8.89. The van der Waals surface area contributed by atoms with Crippen LogP contribution in [0.1, 0.15) is 50.2 Å². The van der Waals surface area contributed by atoms with E-state index >= 15 is 0 Å². The van der Waals surface area contributed by atoms with Gasteiger partial charge in [0.15, 0.2) is 5.49 Å². The van der Waals surface area contributed by atoms with E-state index in [4.69, 9.17) is 0 Å². The number of sulfonamides is 1. The molecular weight excluding hydrogens is 443 g/mol. The molecule has 0 fully saturated rings. The first-order chi connectivity index (χ1) is 14.9. The first kappa shape index (κ1) is 23.7. The summed E-state index contributed by atoms with van der Waals surface area (Å²) >= 11 is 0. The predicted octanol–water partition coefficient (Wildman–Crippen LogP) is 4.17. The minimum absolute atomic E-state index is 0.0124. The fourth-order valence-corrected chi connectivity index (χ4v) is 3.73. The van der Waals surface area contributed by atoms with E-state index in [1.54, 1.807) is 39.3 Å². The molecule has 0 saturated heterocycles. The fourth-order valence-electron chi connectivity index (χ4n) is 3.09. The molecule has 2 heterocycles. The minimum Gasteiger partial charge on any atom is -0.331 e. The van der Waals surface area contributed by atoms with Gasteiger partial charge < -0.3 is 4.57 Å². The van der Waals surface area contributed by atoms with Crippen molar-refractivity contribution in [2.45, 2.75) is 45.4 Å². The number of aryl methyl sites for hydroxylation is 2. The highest BCUT2D eigenvalue weighted by molar-refractivity contribution is 7.93. The molecular formula is C21H24F3N5O2S. The smallest absolute Gasteiger partial charge is 0.266 e. The number of halogens is 3. The molecule has 3 rings (SSSR count). The Kier molecular flexibility index (Phi) is 6.59. The van der Waals surface area contributed by atoms with Crippen molar-refractivity contribution in [3.05, 3.63) is 58.7 Å². The van der Waals surface area contributed by atoms with Gasteiger partial charge in [-0.25, -0.2) is 31.6 Å². The van der Waals surface area contributed by atoms with Gasteiger partial charge in [-0.15, -0.1) is 0 Å². The Bertz CT molecular complexity index is 1340. The molecule has 11 heteroatoms. The molecule has 172 valence electrons. The number of pyridine rings is 1. The zero-order chi connectivity index (χ0) is 23.8. The summed E-state index contributed by atoms with van der Waals surface area (Å²) in [5, 5.41) is -0.187. The summed E-state index contributed by atoms with van der Waals surface area (Å²) in [6.45, 7) is 6.40. The Hall–Kier alpha value is -2.95. The SMILES string of the molecule is Cc1nc(=N[C@H](C)c2cccc(C(F)F)c2F)c2cc(NS(=O)(=O)C(C)C)ncc2n1C. The van der Waals surface area contributed by atoms with E-state index in [2.05, 4.69) is 19.7 Å². The summed E-state index contributed by atoms with van der Waals surface area (Å²) in [7, 11) is -1.86. The third-order valence-electron chi connectivity index (χ3n) is 5.17. The molecule has 0 unspecified atom stereocenters. The highest BCUT2D eigenvalue weighted by Crippen LogP contribution is 2.28. The fraction of sp³-hybridized carbons (Fsp3) is 0.381. The lowest BCUT2D eigenvalue weighted by atomic mass is 10.0. The van der Waals surface area contributed by atoms with Crippen molar-refractivity contribution in [3.63, 3.8) is 0 Å². The van der Waals surface area contributed by atoms with E-state index in [9.17, 15) is 21.6 Å². The molecule has 3 aromatic rings. The topological polar surface area (TPSA) is 89.2 Å². The van der Waals surface area contributed by atoms with E-state index in [0.29, 0.717) is 16.7 Å². The van der Waals surface area contributed by atoms with Crippen LogP contribution in [0.2, 0.25) is 0 Å². The molecule has 0 radical (unpaired) electrons. The Balaban J connectivity index is 2.19. The molecule has 7 nitrogen and oxygen atoms in total. The van der Waals surface area contributed by atoms with Crippen molar-refractivity contribution in [1.29, 1.82) is 0 Å². The molecule has 0 aliphatic rings. The normalized spacial score (nSPS) is 13.9. The average Bonchev–Trinajstić information content (AvgIpc) is 2.71. The van der Waals surface area contributed by atoms with Gasteiger partial charge in [-0.1, -0.05) is 18.2 Å². The number of nitrogens with zero attached hydrogens (tertiary/aromatic N) is 4. The number of hydrogen-bond acceptors (Lipinski definition) is 5. The van der Waals surface area contributed by atoms with Gasteiger partial charge in [0.1, 0.15) is 17.5 Å². The zero-order valence-electron chi connectivity index (χ0n) is 18.3. The summed E-state index contributed by atoms with van der Waals surface area (Å²) < 4.78 is 69.4. The van der Waals surface area contributed by atoms with E-state index < -0.39 is 39.1 Å². The molecule has 0 saturated carbocycles. The third kappa shape index (κ3) is 4.62. The van der Waals surface area contributed by atoms with Crippen molar-refractivity contribution in [2.75, 3.05) is 4.72 Å². The zero-order valence-corrected chi connectivity index (χ0v) is 19.1. The average molecular weight is 468 g/mol. The molecule has 0 aliphatic heterocycles. The van der Waals surface area contributed by atoms with Gasteiger partial charge in [-0.2, -0.15) is 0 Å². The number of hydrogen-bond donors (Lipinski definition) is 1. The van der Waals surface area contributed by atoms with Crippen LogP contribution in [0.3, 0.4) is 0 Å². The van der Waals surface area contributed by atoms with E-state index in [1.807, 2.05) is 0 Å².